The van der Waals surface area contributed by atoms with E-state index in [1.807, 2.05) is 0 Å². The Morgan fingerprint density at radius 1 is 1.04 bits per heavy atom. The first-order chi connectivity index (χ1) is 12.1. The quantitative estimate of drug-likeness (QED) is 0.851. The Balaban J connectivity index is 0.00000243. The van der Waals surface area contributed by atoms with Crippen LogP contribution in [0.15, 0.2) is 48.5 Å². The number of rotatable bonds is 5. The van der Waals surface area contributed by atoms with E-state index >= 15 is 0 Å². The van der Waals surface area contributed by atoms with Crippen LogP contribution in [-0.4, -0.2) is 43.8 Å². The van der Waals surface area contributed by atoms with Gasteiger partial charge >= 0.3 is 0 Å². The smallest absolute Gasteiger partial charge is 0.123 e. The zero-order chi connectivity index (χ0) is 17.8. The number of hydrogen-bond acceptors (Lipinski definition) is 3. The fourth-order valence-corrected chi connectivity index (χ4v) is 3.51. The summed E-state index contributed by atoms with van der Waals surface area (Å²) in [6.45, 7) is 4.38. The predicted molar refractivity (Wildman–Crippen MR) is 102 cm³/mol. The fourth-order valence-electron chi connectivity index (χ4n) is 3.51. The van der Waals surface area contributed by atoms with Crippen molar-refractivity contribution in [2.45, 2.75) is 25.0 Å². The maximum atomic E-state index is 13.4. The van der Waals surface area contributed by atoms with E-state index in [1.54, 1.807) is 31.4 Å². The molecule has 26 heavy (non-hydrogen) atoms. The molecule has 2 atom stereocenters. The minimum atomic E-state index is -0.260. The van der Waals surface area contributed by atoms with Crippen LogP contribution in [0.1, 0.15) is 24.1 Å². The fraction of sp³-hybridized carbons (Fsp3) is 0.400. The number of methoxy groups -OCH3 is 1. The molecule has 6 heteroatoms. The summed E-state index contributed by atoms with van der Waals surface area (Å²) >= 11 is 0. The van der Waals surface area contributed by atoms with Crippen molar-refractivity contribution in [1.29, 1.82) is 0 Å². The lowest BCUT2D eigenvalue weighted by atomic mass is 9.94. The monoisotopic (exact) mass is 382 g/mol. The second kappa shape index (κ2) is 9.42. The summed E-state index contributed by atoms with van der Waals surface area (Å²) in [6.07, 6.45) is 0. The highest BCUT2D eigenvalue weighted by molar-refractivity contribution is 5.85. The lowest BCUT2D eigenvalue weighted by Crippen LogP contribution is -2.58. The topological polar surface area (TPSA) is 24.5 Å². The third-order valence-electron chi connectivity index (χ3n) is 4.72. The standard InChI is InChI=1S/C20H24F2N2O.ClH/c1-14-12-24(19(11-23-14)13-25-2)20(15-3-7-17(21)8-4-15)16-5-9-18(22)10-6-16;/h3-10,14,19-20,23H,11-13H2,1-2H3;1H/t14-,19-;/m0./s1. The molecular weight excluding hydrogens is 358 g/mol. The second-order valence-electron chi connectivity index (χ2n) is 6.62. The SMILES string of the molecule is COC[C@@H]1CN[C@@H](C)CN1C(c1ccc(F)cc1)c1ccc(F)cc1.Cl. The highest BCUT2D eigenvalue weighted by Crippen LogP contribution is 2.32. The summed E-state index contributed by atoms with van der Waals surface area (Å²) in [6, 6.07) is 13.6. The Labute approximate surface area is 159 Å². The van der Waals surface area contributed by atoms with Gasteiger partial charge in [-0.2, -0.15) is 0 Å². The summed E-state index contributed by atoms with van der Waals surface area (Å²) in [5.41, 5.74) is 1.98. The molecule has 3 nitrogen and oxygen atoms in total. The molecule has 0 saturated carbocycles. The number of ether oxygens (including phenoxy) is 1. The van der Waals surface area contributed by atoms with Crippen LogP contribution in [0.3, 0.4) is 0 Å². The zero-order valence-electron chi connectivity index (χ0n) is 15.0. The maximum Gasteiger partial charge on any atom is 0.123 e. The van der Waals surface area contributed by atoms with Gasteiger partial charge in [0.25, 0.3) is 0 Å². The Bertz CT molecular complexity index is 636. The molecule has 0 aromatic heterocycles. The van der Waals surface area contributed by atoms with Crippen molar-refractivity contribution < 1.29 is 13.5 Å². The molecule has 3 rings (SSSR count). The van der Waals surface area contributed by atoms with Crippen LogP contribution in [0.4, 0.5) is 8.78 Å². The van der Waals surface area contributed by atoms with Gasteiger partial charge in [-0.15, -0.1) is 12.4 Å². The van der Waals surface area contributed by atoms with Gasteiger partial charge < -0.3 is 10.1 Å². The number of benzene rings is 2. The Kier molecular flexibility index (Phi) is 7.53. The van der Waals surface area contributed by atoms with Crippen LogP contribution in [0.25, 0.3) is 0 Å². The third-order valence-corrected chi connectivity index (χ3v) is 4.72. The minimum absolute atomic E-state index is 0. The van der Waals surface area contributed by atoms with Gasteiger partial charge in [-0.1, -0.05) is 24.3 Å². The van der Waals surface area contributed by atoms with E-state index < -0.39 is 0 Å². The van der Waals surface area contributed by atoms with E-state index in [4.69, 9.17) is 4.74 Å². The molecule has 1 aliphatic heterocycles. The Morgan fingerprint density at radius 3 is 2.00 bits per heavy atom. The minimum Gasteiger partial charge on any atom is -0.383 e. The Morgan fingerprint density at radius 2 is 1.54 bits per heavy atom. The van der Waals surface area contributed by atoms with Gasteiger partial charge in [-0.25, -0.2) is 8.78 Å². The van der Waals surface area contributed by atoms with Crippen LogP contribution < -0.4 is 5.32 Å². The van der Waals surface area contributed by atoms with Crippen molar-refractivity contribution >= 4 is 12.4 Å². The van der Waals surface area contributed by atoms with E-state index in [1.165, 1.54) is 24.3 Å². The van der Waals surface area contributed by atoms with Crippen molar-refractivity contribution in [3.63, 3.8) is 0 Å². The molecule has 0 aliphatic carbocycles. The summed E-state index contributed by atoms with van der Waals surface area (Å²) in [5.74, 6) is -0.521. The first kappa shape index (κ1) is 20.8. The van der Waals surface area contributed by atoms with Gasteiger partial charge in [0, 0.05) is 32.3 Å². The molecule has 2 aromatic carbocycles. The molecule has 1 aliphatic rings. The Hall–Kier alpha value is -1.53. The average molecular weight is 383 g/mol. The largest absolute Gasteiger partial charge is 0.383 e. The first-order valence-electron chi connectivity index (χ1n) is 8.57. The van der Waals surface area contributed by atoms with Crippen molar-refractivity contribution in [1.82, 2.24) is 10.2 Å². The molecule has 1 fully saturated rings. The lowest BCUT2D eigenvalue weighted by molar-refractivity contribution is 0.0417. The molecule has 0 unspecified atom stereocenters. The molecule has 142 valence electrons. The van der Waals surface area contributed by atoms with Gasteiger partial charge in [-0.3, -0.25) is 4.90 Å². The molecule has 1 heterocycles. The van der Waals surface area contributed by atoms with E-state index in [0.717, 1.165) is 24.2 Å². The number of nitrogens with zero attached hydrogens (tertiary/aromatic N) is 1. The van der Waals surface area contributed by atoms with Gasteiger partial charge in [0.1, 0.15) is 11.6 Å². The van der Waals surface area contributed by atoms with Crippen molar-refractivity contribution in [2.24, 2.45) is 0 Å². The highest BCUT2D eigenvalue weighted by atomic mass is 35.5. The van der Waals surface area contributed by atoms with Crippen molar-refractivity contribution in [3.05, 3.63) is 71.3 Å². The molecule has 2 aromatic rings. The van der Waals surface area contributed by atoms with Gasteiger partial charge in [0.2, 0.25) is 0 Å². The van der Waals surface area contributed by atoms with E-state index in [0.29, 0.717) is 12.6 Å². The van der Waals surface area contributed by atoms with Crippen molar-refractivity contribution in [2.75, 3.05) is 26.8 Å². The number of hydrogen-bond donors (Lipinski definition) is 1. The number of halogens is 3. The maximum absolute atomic E-state index is 13.4. The average Bonchev–Trinajstić information content (AvgIpc) is 2.61. The van der Waals surface area contributed by atoms with E-state index in [-0.39, 0.29) is 36.1 Å². The van der Waals surface area contributed by atoms with Crippen LogP contribution >= 0.6 is 12.4 Å². The van der Waals surface area contributed by atoms with Gasteiger partial charge in [0.15, 0.2) is 0 Å². The van der Waals surface area contributed by atoms with Gasteiger partial charge in [0.05, 0.1) is 12.6 Å². The van der Waals surface area contributed by atoms with E-state index in [9.17, 15) is 8.78 Å². The molecule has 1 N–H and O–H groups in total. The molecule has 0 radical (unpaired) electrons. The zero-order valence-corrected chi connectivity index (χ0v) is 15.8. The summed E-state index contributed by atoms with van der Waals surface area (Å²) in [5, 5.41) is 3.48. The van der Waals surface area contributed by atoms with Crippen LogP contribution in [-0.2, 0) is 4.74 Å². The molecule has 0 spiro atoms. The third kappa shape index (κ3) is 4.80. The van der Waals surface area contributed by atoms with Crippen LogP contribution in [0.2, 0.25) is 0 Å². The summed E-state index contributed by atoms with van der Waals surface area (Å²) in [7, 11) is 1.70. The van der Waals surface area contributed by atoms with Crippen LogP contribution in [0.5, 0.6) is 0 Å². The predicted octanol–water partition coefficient (Wildman–Crippen LogP) is 3.78. The van der Waals surface area contributed by atoms with Crippen molar-refractivity contribution in [3.8, 4) is 0 Å². The highest BCUT2D eigenvalue weighted by Gasteiger charge is 2.33. The van der Waals surface area contributed by atoms with Crippen LogP contribution in [0, 0.1) is 11.6 Å². The normalized spacial score (nSPS) is 20.8. The molecular formula is C20H25ClF2N2O. The number of piperazine rings is 1. The van der Waals surface area contributed by atoms with Gasteiger partial charge in [-0.05, 0) is 42.3 Å². The summed E-state index contributed by atoms with van der Waals surface area (Å²) in [4.78, 5) is 2.37. The molecule has 1 saturated heterocycles. The van der Waals surface area contributed by atoms with E-state index in [2.05, 4.69) is 17.1 Å². The number of nitrogens with one attached hydrogen (secondary N) is 1. The lowest BCUT2D eigenvalue weighted by Gasteiger charge is -2.44. The molecule has 0 bridgehead atoms. The molecule has 0 amide bonds. The summed E-state index contributed by atoms with van der Waals surface area (Å²) < 4.78 is 32.2. The first-order valence-corrected chi connectivity index (χ1v) is 8.57. The second-order valence-corrected chi connectivity index (χ2v) is 6.62.